The molecule has 1 aromatic carbocycles. The van der Waals surface area contributed by atoms with Gasteiger partial charge in [-0.3, -0.25) is 4.98 Å². The van der Waals surface area contributed by atoms with Crippen molar-refractivity contribution in [3.63, 3.8) is 0 Å². The number of rotatable bonds is 6. The highest BCUT2D eigenvalue weighted by molar-refractivity contribution is 6.31. The number of nitrogens with one attached hydrogen (secondary N) is 1. The maximum atomic E-state index is 11.2. The molecule has 6 nitrogen and oxygen atoms in total. The van der Waals surface area contributed by atoms with E-state index in [2.05, 4.69) is 15.5 Å². The van der Waals surface area contributed by atoms with Gasteiger partial charge in [0.05, 0.1) is 11.4 Å². The number of pyridine rings is 1. The van der Waals surface area contributed by atoms with Crippen LogP contribution in [0.2, 0.25) is 5.02 Å². The first-order valence-corrected chi connectivity index (χ1v) is 8.10. The third kappa shape index (κ3) is 5.76. The van der Waals surface area contributed by atoms with Crippen molar-refractivity contribution in [2.45, 2.75) is 27.1 Å². The van der Waals surface area contributed by atoms with Crippen LogP contribution >= 0.6 is 11.6 Å². The van der Waals surface area contributed by atoms with E-state index in [1.165, 1.54) is 7.05 Å². The molecule has 0 fully saturated rings. The Hall–Kier alpha value is -2.60. The van der Waals surface area contributed by atoms with Crippen LogP contribution in [-0.4, -0.2) is 23.8 Å². The predicted octanol–water partition coefficient (Wildman–Crippen LogP) is 3.84. The molecule has 1 N–H and O–H groups in total. The number of halogens is 1. The lowest BCUT2D eigenvalue weighted by Crippen LogP contribution is -2.19. The average Bonchev–Trinajstić information content (AvgIpc) is 2.60. The number of nitrogens with zero attached hydrogens (tertiary/aromatic N) is 2. The zero-order valence-electron chi connectivity index (χ0n) is 14.4. The molecule has 0 aliphatic rings. The van der Waals surface area contributed by atoms with E-state index in [0.717, 1.165) is 17.0 Å². The topological polar surface area (TPSA) is 72.8 Å². The SMILES string of the molecule is CNC(=O)OCc1cc(/C(C)=N\OCc2cccc(C)n2)ccc1Cl. The second-order valence-electron chi connectivity index (χ2n) is 5.35. The number of benzene rings is 1. The maximum Gasteiger partial charge on any atom is 0.407 e. The molecule has 1 amide bonds. The number of alkyl carbamates (subject to hydrolysis) is 1. The van der Waals surface area contributed by atoms with Gasteiger partial charge in [-0.05, 0) is 43.7 Å². The van der Waals surface area contributed by atoms with Crippen molar-refractivity contribution in [2.24, 2.45) is 5.16 Å². The molecule has 0 atom stereocenters. The van der Waals surface area contributed by atoms with Crippen molar-refractivity contribution in [3.8, 4) is 0 Å². The standard InChI is InChI=1S/C18H20ClN3O3/c1-12-5-4-6-16(21-12)11-25-22-13(2)14-7-8-17(19)15(9-14)10-24-18(23)20-3/h4-9H,10-11H2,1-3H3,(H,20,23)/b22-13-. The van der Waals surface area contributed by atoms with Crippen molar-refractivity contribution in [3.05, 3.63) is 63.9 Å². The van der Waals surface area contributed by atoms with Crippen LogP contribution in [0.15, 0.2) is 41.6 Å². The van der Waals surface area contributed by atoms with Crippen molar-refractivity contribution in [1.82, 2.24) is 10.3 Å². The first-order valence-electron chi connectivity index (χ1n) is 7.72. The second kappa shape index (κ2) is 9.03. The Balaban J connectivity index is 2.02. The summed E-state index contributed by atoms with van der Waals surface area (Å²) in [5.74, 6) is 0. The summed E-state index contributed by atoms with van der Waals surface area (Å²) in [4.78, 5) is 20.9. The molecule has 2 rings (SSSR count). The van der Waals surface area contributed by atoms with Gasteiger partial charge in [-0.25, -0.2) is 4.79 Å². The monoisotopic (exact) mass is 361 g/mol. The molecular weight excluding hydrogens is 342 g/mol. The summed E-state index contributed by atoms with van der Waals surface area (Å²) >= 11 is 6.14. The number of hydrogen-bond donors (Lipinski definition) is 1. The number of aryl methyl sites for hydroxylation is 1. The largest absolute Gasteiger partial charge is 0.445 e. The third-order valence-electron chi connectivity index (χ3n) is 3.39. The highest BCUT2D eigenvalue weighted by Gasteiger charge is 2.07. The minimum Gasteiger partial charge on any atom is -0.445 e. The molecule has 0 aliphatic heterocycles. The van der Waals surface area contributed by atoms with Gasteiger partial charge in [0, 0.05) is 23.3 Å². The fraction of sp³-hybridized carbons (Fsp3) is 0.278. The zero-order chi connectivity index (χ0) is 18.2. The summed E-state index contributed by atoms with van der Waals surface area (Å²) in [6.07, 6.45) is -0.513. The van der Waals surface area contributed by atoms with Gasteiger partial charge in [0.25, 0.3) is 0 Å². The van der Waals surface area contributed by atoms with Crippen LogP contribution in [0.1, 0.15) is 29.4 Å². The number of amides is 1. The number of carbonyl (C=O) groups excluding carboxylic acids is 1. The summed E-state index contributed by atoms with van der Waals surface area (Å²) in [6.45, 7) is 4.12. The summed E-state index contributed by atoms with van der Waals surface area (Å²) in [5.41, 5.74) is 3.95. The molecule has 0 radical (unpaired) electrons. The Kier molecular flexibility index (Phi) is 6.77. The van der Waals surface area contributed by atoms with Crippen molar-refractivity contribution in [1.29, 1.82) is 0 Å². The van der Waals surface area contributed by atoms with Crippen LogP contribution in [0.4, 0.5) is 4.79 Å². The Morgan fingerprint density at radius 1 is 1.28 bits per heavy atom. The van der Waals surface area contributed by atoms with Gasteiger partial charge in [0.1, 0.15) is 6.61 Å². The van der Waals surface area contributed by atoms with Crippen molar-refractivity contribution in [2.75, 3.05) is 7.05 Å². The molecule has 0 unspecified atom stereocenters. The Bertz CT molecular complexity index is 778. The van der Waals surface area contributed by atoms with Gasteiger partial charge < -0.3 is 14.9 Å². The van der Waals surface area contributed by atoms with E-state index < -0.39 is 6.09 Å². The van der Waals surface area contributed by atoms with Crippen molar-refractivity contribution < 1.29 is 14.4 Å². The Morgan fingerprint density at radius 3 is 2.80 bits per heavy atom. The van der Waals surface area contributed by atoms with Gasteiger partial charge in [0.15, 0.2) is 6.61 Å². The van der Waals surface area contributed by atoms with E-state index in [4.69, 9.17) is 21.2 Å². The highest BCUT2D eigenvalue weighted by atomic mass is 35.5. The van der Waals surface area contributed by atoms with Crippen molar-refractivity contribution >= 4 is 23.4 Å². The number of hydrogen-bond acceptors (Lipinski definition) is 5. The third-order valence-corrected chi connectivity index (χ3v) is 3.76. The molecule has 132 valence electrons. The van der Waals surface area contributed by atoms with E-state index in [0.29, 0.717) is 22.9 Å². The van der Waals surface area contributed by atoms with Gasteiger partial charge >= 0.3 is 6.09 Å². The first-order chi connectivity index (χ1) is 12.0. The van der Waals surface area contributed by atoms with Gasteiger partial charge in [-0.1, -0.05) is 28.9 Å². The molecule has 2 aromatic rings. The lowest BCUT2D eigenvalue weighted by Gasteiger charge is -2.09. The molecule has 25 heavy (non-hydrogen) atoms. The number of carbonyl (C=O) groups is 1. The average molecular weight is 362 g/mol. The van der Waals surface area contributed by atoms with E-state index in [9.17, 15) is 4.79 Å². The van der Waals surface area contributed by atoms with E-state index >= 15 is 0 Å². The molecule has 0 bridgehead atoms. The normalized spacial score (nSPS) is 11.1. The van der Waals surface area contributed by atoms with Crippen LogP contribution in [0, 0.1) is 6.92 Å². The van der Waals surface area contributed by atoms with Gasteiger partial charge in [-0.2, -0.15) is 0 Å². The highest BCUT2D eigenvalue weighted by Crippen LogP contribution is 2.19. The smallest absolute Gasteiger partial charge is 0.407 e. The summed E-state index contributed by atoms with van der Waals surface area (Å²) in [5, 5.41) is 7.02. The fourth-order valence-electron chi connectivity index (χ4n) is 2.05. The molecular formula is C18H20ClN3O3. The molecule has 1 heterocycles. The van der Waals surface area contributed by atoms with E-state index in [1.807, 2.05) is 44.2 Å². The quantitative estimate of drug-likeness (QED) is 0.626. The van der Waals surface area contributed by atoms with Gasteiger partial charge in [-0.15, -0.1) is 0 Å². The van der Waals surface area contributed by atoms with E-state index in [1.54, 1.807) is 6.07 Å². The van der Waals surface area contributed by atoms with Crippen LogP contribution < -0.4 is 5.32 Å². The molecule has 0 saturated carbocycles. The Labute approximate surface area is 151 Å². The van der Waals surface area contributed by atoms with Crippen LogP contribution in [0.25, 0.3) is 0 Å². The molecule has 0 spiro atoms. The molecule has 7 heteroatoms. The van der Waals surface area contributed by atoms with Crippen LogP contribution in [-0.2, 0) is 22.8 Å². The molecule has 0 saturated heterocycles. The number of oxime groups is 1. The lowest BCUT2D eigenvalue weighted by atomic mass is 10.1. The lowest BCUT2D eigenvalue weighted by molar-refractivity contribution is 0.127. The molecule has 0 aliphatic carbocycles. The number of aromatic nitrogens is 1. The minimum atomic E-state index is -0.513. The second-order valence-corrected chi connectivity index (χ2v) is 5.76. The van der Waals surface area contributed by atoms with Crippen LogP contribution in [0.3, 0.4) is 0 Å². The summed E-state index contributed by atoms with van der Waals surface area (Å²) < 4.78 is 5.03. The van der Waals surface area contributed by atoms with Gasteiger partial charge in [0.2, 0.25) is 0 Å². The van der Waals surface area contributed by atoms with Crippen LogP contribution in [0.5, 0.6) is 0 Å². The summed E-state index contributed by atoms with van der Waals surface area (Å²) in [7, 11) is 1.50. The first kappa shape index (κ1) is 18.7. The fourth-order valence-corrected chi connectivity index (χ4v) is 2.23. The minimum absolute atomic E-state index is 0.0771. The zero-order valence-corrected chi connectivity index (χ0v) is 15.1. The number of ether oxygens (including phenoxy) is 1. The predicted molar refractivity (Wildman–Crippen MR) is 96.7 cm³/mol. The summed E-state index contributed by atoms with van der Waals surface area (Å²) in [6, 6.07) is 11.1. The molecule has 1 aromatic heterocycles. The maximum absolute atomic E-state index is 11.2. The Morgan fingerprint density at radius 2 is 2.08 bits per heavy atom. The van der Waals surface area contributed by atoms with E-state index in [-0.39, 0.29) is 6.61 Å².